The molecular weight excluding hydrogens is 190 g/mol. The molecule has 0 spiro atoms. The van der Waals surface area contributed by atoms with E-state index >= 15 is 0 Å². The molecule has 1 N–H and O–H groups in total. The van der Waals surface area contributed by atoms with Crippen LogP contribution in [0.3, 0.4) is 0 Å². The first-order valence-electron chi connectivity index (χ1n) is 4.20. The van der Waals surface area contributed by atoms with Gasteiger partial charge in [-0.05, 0) is 6.92 Å². The molecule has 0 aliphatic rings. The van der Waals surface area contributed by atoms with Crippen LogP contribution in [0.2, 0.25) is 0 Å². The molecule has 0 aliphatic heterocycles. The summed E-state index contributed by atoms with van der Waals surface area (Å²) in [6.45, 7) is 2.68. The number of methoxy groups -OCH3 is 2. The van der Waals surface area contributed by atoms with Gasteiger partial charge < -0.3 is 14.8 Å². The quantitative estimate of drug-likeness (QED) is 0.598. The molecule has 4 nitrogen and oxygen atoms in total. The van der Waals surface area contributed by atoms with Crippen LogP contribution in [0.5, 0.6) is 0 Å². The first kappa shape index (κ1) is 13.0. The Labute approximate surface area is 82.4 Å². The molecule has 0 fully saturated rings. The van der Waals surface area contributed by atoms with Gasteiger partial charge in [0.2, 0.25) is 0 Å². The molecule has 0 bridgehead atoms. The number of ether oxygens (including phenoxy) is 2. The topological polar surface area (TPSA) is 47.6 Å². The number of rotatable bonds is 7. The predicted molar refractivity (Wildman–Crippen MR) is 54.2 cm³/mol. The number of nitrogens with one attached hydrogen (secondary N) is 1. The zero-order valence-corrected chi connectivity index (χ0v) is 9.52. The summed E-state index contributed by atoms with van der Waals surface area (Å²) in [7, 11) is 2.46. The maximum atomic E-state index is 10.7. The van der Waals surface area contributed by atoms with Gasteiger partial charge in [0.15, 0.2) is 6.29 Å². The largest absolute Gasteiger partial charge is 0.354 e. The van der Waals surface area contributed by atoms with E-state index < -0.39 is 10.8 Å². The van der Waals surface area contributed by atoms with E-state index in [0.717, 1.165) is 0 Å². The van der Waals surface area contributed by atoms with Gasteiger partial charge in [-0.25, -0.2) is 0 Å². The summed E-state index contributed by atoms with van der Waals surface area (Å²) in [5.74, 6) is 0.657. The Morgan fingerprint density at radius 1 is 1.38 bits per heavy atom. The molecule has 0 aromatic carbocycles. The van der Waals surface area contributed by atoms with E-state index in [1.807, 2.05) is 6.92 Å². The van der Waals surface area contributed by atoms with Crippen molar-refractivity contribution in [1.29, 1.82) is 0 Å². The summed E-state index contributed by atoms with van der Waals surface area (Å²) in [6.07, 6.45) is 1.45. The van der Waals surface area contributed by atoms with E-state index in [4.69, 9.17) is 9.47 Å². The molecule has 80 valence electrons. The molecular formula is C8H19NO3S. The van der Waals surface area contributed by atoms with E-state index in [2.05, 4.69) is 5.32 Å². The third-order valence-corrected chi connectivity index (χ3v) is 2.51. The number of hydrogen-bond donors (Lipinski definition) is 1. The van der Waals surface area contributed by atoms with Crippen molar-refractivity contribution >= 4 is 10.8 Å². The van der Waals surface area contributed by atoms with Crippen molar-refractivity contribution in [3.05, 3.63) is 0 Å². The van der Waals surface area contributed by atoms with Gasteiger partial charge in [0.1, 0.15) is 0 Å². The molecule has 0 aromatic rings. The van der Waals surface area contributed by atoms with Crippen molar-refractivity contribution in [2.24, 2.45) is 0 Å². The second-order valence-electron chi connectivity index (χ2n) is 2.86. The molecule has 13 heavy (non-hydrogen) atoms. The van der Waals surface area contributed by atoms with Crippen LogP contribution >= 0.6 is 0 Å². The van der Waals surface area contributed by atoms with Crippen LogP contribution < -0.4 is 5.32 Å². The summed E-state index contributed by atoms with van der Waals surface area (Å²) in [6, 6.07) is 0.110. The van der Waals surface area contributed by atoms with Crippen LogP contribution in [0.1, 0.15) is 6.92 Å². The highest BCUT2D eigenvalue weighted by Crippen LogP contribution is 1.97. The molecule has 0 aromatic heterocycles. The van der Waals surface area contributed by atoms with Gasteiger partial charge in [0.25, 0.3) is 0 Å². The van der Waals surface area contributed by atoms with Crippen LogP contribution in [-0.4, -0.2) is 49.3 Å². The van der Waals surface area contributed by atoms with E-state index in [1.165, 1.54) is 0 Å². The minimum atomic E-state index is -0.743. The SMILES string of the molecule is COC(OC)C(C)NCCS(C)=O. The highest BCUT2D eigenvalue weighted by molar-refractivity contribution is 7.84. The Bertz CT molecular complexity index is 150. The smallest absolute Gasteiger partial charge is 0.171 e. The Balaban J connectivity index is 3.59. The molecule has 2 atom stereocenters. The van der Waals surface area contributed by atoms with Crippen LogP contribution in [0.15, 0.2) is 0 Å². The third-order valence-electron chi connectivity index (χ3n) is 1.73. The Morgan fingerprint density at radius 2 is 1.92 bits per heavy atom. The lowest BCUT2D eigenvalue weighted by molar-refractivity contribution is -0.119. The monoisotopic (exact) mass is 209 g/mol. The van der Waals surface area contributed by atoms with Gasteiger partial charge >= 0.3 is 0 Å². The fourth-order valence-corrected chi connectivity index (χ4v) is 1.44. The fourth-order valence-electron chi connectivity index (χ4n) is 1.03. The average Bonchev–Trinajstić information content (AvgIpc) is 2.05. The van der Waals surface area contributed by atoms with Gasteiger partial charge in [-0.15, -0.1) is 0 Å². The molecule has 0 saturated heterocycles. The molecule has 0 amide bonds. The van der Waals surface area contributed by atoms with Crippen molar-refractivity contribution in [1.82, 2.24) is 5.32 Å². The maximum absolute atomic E-state index is 10.7. The maximum Gasteiger partial charge on any atom is 0.171 e. The van der Waals surface area contributed by atoms with Crippen LogP contribution in [0.25, 0.3) is 0 Å². The van der Waals surface area contributed by atoms with Crippen molar-refractivity contribution in [2.45, 2.75) is 19.3 Å². The Kier molecular flexibility index (Phi) is 7.45. The molecule has 0 radical (unpaired) electrons. The van der Waals surface area contributed by atoms with Crippen molar-refractivity contribution in [3.8, 4) is 0 Å². The first-order valence-corrected chi connectivity index (χ1v) is 5.93. The van der Waals surface area contributed by atoms with Gasteiger partial charge in [-0.1, -0.05) is 0 Å². The van der Waals surface area contributed by atoms with Crippen molar-refractivity contribution in [3.63, 3.8) is 0 Å². The fraction of sp³-hybridized carbons (Fsp3) is 1.00. The normalized spacial score (nSPS) is 16.1. The molecule has 0 heterocycles. The predicted octanol–water partition coefficient (Wildman–Crippen LogP) is -0.0381. The van der Waals surface area contributed by atoms with Gasteiger partial charge in [0.05, 0.1) is 6.04 Å². The second kappa shape index (κ2) is 7.44. The van der Waals surface area contributed by atoms with Crippen LogP contribution in [0.4, 0.5) is 0 Å². The average molecular weight is 209 g/mol. The minimum Gasteiger partial charge on any atom is -0.354 e. The molecule has 0 saturated carbocycles. The Morgan fingerprint density at radius 3 is 2.31 bits per heavy atom. The van der Waals surface area contributed by atoms with E-state index in [-0.39, 0.29) is 12.3 Å². The second-order valence-corrected chi connectivity index (χ2v) is 4.41. The van der Waals surface area contributed by atoms with Gasteiger partial charge in [-0.2, -0.15) is 0 Å². The summed E-state index contributed by atoms with van der Waals surface area (Å²) in [5.41, 5.74) is 0. The van der Waals surface area contributed by atoms with Gasteiger partial charge in [-0.3, -0.25) is 4.21 Å². The van der Waals surface area contributed by atoms with Crippen LogP contribution in [0, 0.1) is 0 Å². The number of hydrogen-bond acceptors (Lipinski definition) is 4. The third kappa shape index (κ3) is 6.15. The lowest BCUT2D eigenvalue weighted by Crippen LogP contribution is -2.41. The highest BCUT2D eigenvalue weighted by atomic mass is 32.2. The summed E-state index contributed by atoms with van der Waals surface area (Å²) >= 11 is 0. The lowest BCUT2D eigenvalue weighted by atomic mass is 10.3. The highest BCUT2D eigenvalue weighted by Gasteiger charge is 2.14. The van der Waals surface area contributed by atoms with Gasteiger partial charge in [0, 0.05) is 43.6 Å². The van der Waals surface area contributed by atoms with E-state index in [9.17, 15) is 4.21 Å². The first-order chi connectivity index (χ1) is 6.11. The van der Waals surface area contributed by atoms with E-state index in [1.54, 1.807) is 20.5 Å². The minimum absolute atomic E-state index is 0.110. The van der Waals surface area contributed by atoms with Crippen molar-refractivity contribution in [2.75, 3.05) is 32.8 Å². The van der Waals surface area contributed by atoms with Crippen molar-refractivity contribution < 1.29 is 13.7 Å². The van der Waals surface area contributed by atoms with E-state index in [0.29, 0.717) is 12.3 Å². The standard InChI is InChI=1S/C8H19NO3S/c1-7(8(11-2)12-3)9-5-6-13(4)10/h7-9H,5-6H2,1-4H3. The Hall–Kier alpha value is 0.0300. The summed E-state index contributed by atoms with van der Waals surface area (Å²) in [5, 5.41) is 3.17. The molecule has 2 unspecified atom stereocenters. The zero-order valence-electron chi connectivity index (χ0n) is 8.70. The summed E-state index contributed by atoms with van der Waals surface area (Å²) in [4.78, 5) is 0. The molecule has 0 rings (SSSR count). The molecule has 0 aliphatic carbocycles. The lowest BCUT2D eigenvalue weighted by Gasteiger charge is -2.21. The zero-order chi connectivity index (χ0) is 10.3. The summed E-state index contributed by atoms with van der Waals surface area (Å²) < 4.78 is 20.9. The van der Waals surface area contributed by atoms with Crippen LogP contribution in [-0.2, 0) is 20.3 Å². The molecule has 5 heteroatoms.